The molecule has 1 aliphatic rings. The molecule has 1 aromatic heterocycles. The highest BCUT2D eigenvalue weighted by Gasteiger charge is 2.29. The minimum absolute atomic E-state index is 0.104. The third kappa shape index (κ3) is 2.94. The average molecular weight is 280 g/mol. The summed E-state index contributed by atoms with van der Waals surface area (Å²) in [6.07, 6.45) is 4.50. The second kappa shape index (κ2) is 5.81. The number of rotatable bonds is 4. The summed E-state index contributed by atoms with van der Waals surface area (Å²) >= 11 is 0. The first-order valence-electron chi connectivity index (χ1n) is 7.40. The zero-order valence-corrected chi connectivity index (χ0v) is 12.7. The molecule has 1 N–H and O–H groups in total. The van der Waals surface area contributed by atoms with Crippen LogP contribution in [-0.2, 0) is 0 Å². The van der Waals surface area contributed by atoms with Gasteiger partial charge in [-0.2, -0.15) is 5.10 Å². The van der Waals surface area contributed by atoms with Crippen molar-refractivity contribution in [2.75, 3.05) is 5.32 Å². The van der Waals surface area contributed by atoms with Crippen molar-refractivity contribution in [1.29, 1.82) is 0 Å². The molecule has 0 bridgehead atoms. The predicted molar refractivity (Wildman–Crippen MR) is 79.0 cm³/mol. The molecule has 1 aromatic rings. The van der Waals surface area contributed by atoms with E-state index in [1.54, 1.807) is 11.6 Å². The van der Waals surface area contributed by atoms with Crippen molar-refractivity contribution >= 4 is 11.5 Å². The topological polar surface area (TPSA) is 73.0 Å². The number of aryl methyl sites for hydroxylation is 1. The van der Waals surface area contributed by atoms with Gasteiger partial charge in [0.25, 0.3) is 0 Å². The Morgan fingerprint density at radius 1 is 1.35 bits per heavy atom. The number of nitro groups is 1. The Labute approximate surface area is 119 Å². The highest BCUT2D eigenvalue weighted by Crippen LogP contribution is 2.33. The lowest BCUT2D eigenvalue weighted by Crippen LogP contribution is -2.27. The van der Waals surface area contributed by atoms with E-state index in [0.29, 0.717) is 17.6 Å². The summed E-state index contributed by atoms with van der Waals surface area (Å²) in [4.78, 5) is 11.0. The Bertz CT molecular complexity index is 488. The summed E-state index contributed by atoms with van der Waals surface area (Å²) in [5.74, 6) is 1.34. The lowest BCUT2D eigenvalue weighted by Gasteiger charge is -2.27. The number of nitrogens with one attached hydrogen (secondary N) is 1. The highest BCUT2D eigenvalue weighted by atomic mass is 16.6. The van der Waals surface area contributed by atoms with Gasteiger partial charge in [-0.05, 0) is 52.4 Å². The van der Waals surface area contributed by atoms with Crippen molar-refractivity contribution in [2.24, 2.45) is 5.92 Å². The van der Waals surface area contributed by atoms with Gasteiger partial charge in [0.05, 0.1) is 4.92 Å². The molecule has 0 unspecified atom stereocenters. The number of hydrogen-bond acceptors (Lipinski definition) is 4. The maximum atomic E-state index is 11.3. The van der Waals surface area contributed by atoms with Crippen LogP contribution in [0.25, 0.3) is 0 Å². The molecule has 112 valence electrons. The van der Waals surface area contributed by atoms with Crippen LogP contribution in [0, 0.1) is 23.0 Å². The van der Waals surface area contributed by atoms with E-state index in [1.807, 2.05) is 13.8 Å². The zero-order valence-electron chi connectivity index (χ0n) is 12.7. The van der Waals surface area contributed by atoms with Gasteiger partial charge in [0.2, 0.25) is 5.82 Å². The Balaban J connectivity index is 2.26. The maximum Gasteiger partial charge on any atom is 0.333 e. The second-order valence-electron chi connectivity index (χ2n) is 6.18. The number of hydrogen-bond donors (Lipinski definition) is 1. The van der Waals surface area contributed by atoms with E-state index in [9.17, 15) is 10.1 Å². The Morgan fingerprint density at radius 3 is 2.45 bits per heavy atom. The van der Waals surface area contributed by atoms with Gasteiger partial charge in [0.15, 0.2) is 0 Å². The summed E-state index contributed by atoms with van der Waals surface area (Å²) in [6, 6.07) is 0.422. The van der Waals surface area contributed by atoms with Gasteiger partial charge in [-0.3, -0.25) is 10.1 Å². The quantitative estimate of drug-likeness (QED) is 0.674. The molecule has 0 spiro atoms. The molecule has 0 atom stereocenters. The summed E-state index contributed by atoms with van der Waals surface area (Å²) in [6.45, 7) is 7.95. The number of nitrogens with zero attached hydrogens (tertiary/aromatic N) is 3. The summed E-state index contributed by atoms with van der Waals surface area (Å²) in [5, 5.41) is 19.0. The van der Waals surface area contributed by atoms with Crippen molar-refractivity contribution in [2.45, 2.75) is 65.5 Å². The molecule has 0 saturated heterocycles. The minimum Gasteiger partial charge on any atom is -0.362 e. The highest BCUT2D eigenvalue weighted by molar-refractivity contribution is 5.60. The van der Waals surface area contributed by atoms with Gasteiger partial charge >= 0.3 is 5.69 Å². The molecular weight excluding hydrogens is 256 g/mol. The first-order valence-corrected chi connectivity index (χ1v) is 7.40. The monoisotopic (exact) mass is 280 g/mol. The standard InChI is InChI=1S/C14H24N4O2/c1-9(2)17-14(13(18(19)20)11(4)16-17)15-12-7-5-10(3)6-8-12/h9-10,12,15H,5-8H2,1-4H3. The van der Waals surface area contributed by atoms with Crippen LogP contribution in [-0.4, -0.2) is 20.7 Å². The van der Waals surface area contributed by atoms with Crippen molar-refractivity contribution in [3.8, 4) is 0 Å². The minimum atomic E-state index is -0.324. The molecule has 20 heavy (non-hydrogen) atoms. The van der Waals surface area contributed by atoms with Gasteiger partial charge in [0.1, 0.15) is 5.69 Å². The van der Waals surface area contributed by atoms with Crippen LogP contribution in [0.2, 0.25) is 0 Å². The molecule has 0 amide bonds. The summed E-state index contributed by atoms with van der Waals surface area (Å²) in [7, 11) is 0. The number of aromatic nitrogens is 2. The lowest BCUT2D eigenvalue weighted by atomic mass is 9.87. The van der Waals surface area contributed by atoms with Crippen LogP contribution in [0.1, 0.15) is 58.2 Å². The van der Waals surface area contributed by atoms with E-state index < -0.39 is 0 Å². The van der Waals surface area contributed by atoms with E-state index in [1.165, 1.54) is 12.8 Å². The lowest BCUT2D eigenvalue weighted by molar-refractivity contribution is -0.384. The molecule has 1 saturated carbocycles. The van der Waals surface area contributed by atoms with E-state index >= 15 is 0 Å². The third-order valence-electron chi connectivity index (χ3n) is 4.08. The van der Waals surface area contributed by atoms with Crippen LogP contribution >= 0.6 is 0 Å². The SMILES string of the molecule is Cc1nn(C(C)C)c(NC2CCC(C)CC2)c1[N+](=O)[O-]. The molecule has 2 rings (SSSR count). The van der Waals surface area contributed by atoms with Gasteiger partial charge in [-0.15, -0.1) is 0 Å². The fourth-order valence-corrected chi connectivity index (χ4v) is 2.86. The van der Waals surface area contributed by atoms with E-state index in [0.717, 1.165) is 18.8 Å². The van der Waals surface area contributed by atoms with Gasteiger partial charge < -0.3 is 5.32 Å². The first-order chi connectivity index (χ1) is 9.40. The molecule has 1 aliphatic carbocycles. The van der Waals surface area contributed by atoms with E-state index in [-0.39, 0.29) is 16.7 Å². The van der Waals surface area contributed by atoms with E-state index in [2.05, 4.69) is 17.3 Å². The molecule has 1 fully saturated rings. The van der Waals surface area contributed by atoms with Crippen LogP contribution in [0.5, 0.6) is 0 Å². The summed E-state index contributed by atoms with van der Waals surface area (Å²) in [5.41, 5.74) is 0.604. The predicted octanol–water partition coefficient (Wildman–Crippen LogP) is 3.67. The van der Waals surface area contributed by atoms with Crippen LogP contribution < -0.4 is 5.32 Å². The van der Waals surface area contributed by atoms with Gasteiger partial charge in [-0.25, -0.2) is 4.68 Å². The third-order valence-corrected chi connectivity index (χ3v) is 4.08. The van der Waals surface area contributed by atoms with Crippen molar-refractivity contribution < 1.29 is 4.92 Å². The Morgan fingerprint density at radius 2 is 1.95 bits per heavy atom. The summed E-state index contributed by atoms with van der Waals surface area (Å²) < 4.78 is 1.74. The largest absolute Gasteiger partial charge is 0.362 e. The fourth-order valence-electron chi connectivity index (χ4n) is 2.86. The number of anilines is 1. The Hall–Kier alpha value is -1.59. The average Bonchev–Trinajstić information content (AvgIpc) is 2.69. The van der Waals surface area contributed by atoms with Crippen LogP contribution in [0.3, 0.4) is 0 Å². The zero-order chi connectivity index (χ0) is 14.9. The first kappa shape index (κ1) is 14.8. The van der Waals surface area contributed by atoms with Crippen molar-refractivity contribution in [1.82, 2.24) is 9.78 Å². The molecule has 6 nitrogen and oxygen atoms in total. The van der Waals surface area contributed by atoms with Crippen LogP contribution in [0.4, 0.5) is 11.5 Å². The molecule has 0 aromatic carbocycles. The molecule has 6 heteroatoms. The van der Waals surface area contributed by atoms with Gasteiger partial charge in [0, 0.05) is 12.1 Å². The van der Waals surface area contributed by atoms with E-state index in [4.69, 9.17) is 0 Å². The molecular formula is C14H24N4O2. The van der Waals surface area contributed by atoms with Crippen molar-refractivity contribution in [3.63, 3.8) is 0 Å². The second-order valence-corrected chi connectivity index (χ2v) is 6.18. The molecule has 0 radical (unpaired) electrons. The normalized spacial score (nSPS) is 23.1. The van der Waals surface area contributed by atoms with Crippen molar-refractivity contribution in [3.05, 3.63) is 15.8 Å². The molecule has 1 heterocycles. The maximum absolute atomic E-state index is 11.3. The smallest absolute Gasteiger partial charge is 0.333 e. The Kier molecular flexibility index (Phi) is 4.30. The molecule has 0 aliphatic heterocycles. The van der Waals surface area contributed by atoms with Gasteiger partial charge in [-0.1, -0.05) is 6.92 Å². The fraction of sp³-hybridized carbons (Fsp3) is 0.786. The van der Waals surface area contributed by atoms with Crippen LogP contribution in [0.15, 0.2) is 0 Å².